The van der Waals surface area contributed by atoms with Crippen LogP contribution in [0.2, 0.25) is 0 Å². The molecular weight excluding hydrogens is 381 g/mol. The van der Waals surface area contributed by atoms with Gasteiger partial charge >= 0.3 is 7.47 Å². The van der Waals surface area contributed by atoms with Crippen molar-refractivity contribution in [1.29, 1.82) is 0 Å². The van der Waals surface area contributed by atoms with Crippen molar-refractivity contribution in [2.75, 3.05) is 0 Å². The van der Waals surface area contributed by atoms with Crippen LogP contribution in [0.25, 0.3) is 5.76 Å². The standard InChI is InChI=1S/C25H21BF2O2/c27-26(28)30-25(17-24(29)22-4-2-1-3-5-22)23-16-20-11-10-18-6-8-19(9-7-18)12-14-21(23)15-13-20/h1-9,13,15-17H,10-12,14H2/b25-17-. The number of rotatable bonds is 5. The molecule has 4 bridgehead atoms. The Bertz CT molecular complexity index is 1060. The van der Waals surface area contributed by atoms with Gasteiger partial charge in [0, 0.05) is 17.2 Å². The minimum Gasteiger partial charge on any atom is -0.505 e. The molecule has 0 N–H and O–H groups in total. The van der Waals surface area contributed by atoms with Crippen LogP contribution in [0, 0.1) is 0 Å². The molecule has 0 fully saturated rings. The first-order chi connectivity index (χ1) is 14.6. The molecule has 0 unspecified atom stereocenters. The number of hydrogen-bond donors (Lipinski definition) is 0. The zero-order valence-electron chi connectivity index (χ0n) is 16.5. The lowest BCUT2D eigenvalue weighted by atomic mass is 9.92. The van der Waals surface area contributed by atoms with Gasteiger partial charge in [0.2, 0.25) is 0 Å². The van der Waals surface area contributed by atoms with Crippen LogP contribution >= 0.6 is 0 Å². The van der Waals surface area contributed by atoms with Crippen molar-refractivity contribution in [3.63, 3.8) is 0 Å². The van der Waals surface area contributed by atoms with Gasteiger partial charge in [0.25, 0.3) is 0 Å². The van der Waals surface area contributed by atoms with Gasteiger partial charge in [-0.25, -0.2) is 8.63 Å². The summed E-state index contributed by atoms with van der Waals surface area (Å²) >= 11 is 0. The number of benzene rings is 3. The van der Waals surface area contributed by atoms with Gasteiger partial charge in [0.05, 0.1) is 0 Å². The van der Waals surface area contributed by atoms with Gasteiger partial charge in [-0.05, 0) is 54.0 Å². The zero-order chi connectivity index (χ0) is 20.9. The van der Waals surface area contributed by atoms with Crippen LogP contribution in [0.4, 0.5) is 8.63 Å². The molecule has 2 nitrogen and oxygen atoms in total. The highest BCUT2D eigenvalue weighted by Crippen LogP contribution is 2.27. The van der Waals surface area contributed by atoms with Crippen LogP contribution in [0.3, 0.4) is 0 Å². The van der Waals surface area contributed by atoms with E-state index in [0.717, 1.165) is 30.4 Å². The van der Waals surface area contributed by atoms with Crippen molar-refractivity contribution in [2.24, 2.45) is 0 Å². The summed E-state index contributed by atoms with van der Waals surface area (Å²) in [6.45, 7) is 0. The minimum atomic E-state index is -3.01. The molecule has 0 amide bonds. The van der Waals surface area contributed by atoms with Crippen LogP contribution in [0.1, 0.15) is 38.2 Å². The second-order valence-corrected chi connectivity index (χ2v) is 7.43. The number of aryl methyl sites for hydroxylation is 4. The van der Waals surface area contributed by atoms with Crippen molar-refractivity contribution in [3.05, 3.63) is 112 Å². The second-order valence-electron chi connectivity index (χ2n) is 7.43. The fourth-order valence-electron chi connectivity index (χ4n) is 3.74. The van der Waals surface area contributed by atoms with E-state index < -0.39 is 7.47 Å². The number of ketones is 1. The fraction of sp³-hybridized carbons (Fsp3) is 0.160. The van der Waals surface area contributed by atoms with Gasteiger partial charge < -0.3 is 4.65 Å². The number of carbonyl (C=O) groups excluding carboxylic acids is 1. The highest BCUT2D eigenvalue weighted by atomic mass is 19.2. The molecule has 7 rings (SSSR count). The lowest BCUT2D eigenvalue weighted by Crippen LogP contribution is -2.10. The zero-order valence-corrected chi connectivity index (χ0v) is 16.5. The van der Waals surface area contributed by atoms with Crippen molar-refractivity contribution in [1.82, 2.24) is 0 Å². The Labute approximate surface area is 175 Å². The summed E-state index contributed by atoms with van der Waals surface area (Å²) in [7, 11) is -3.01. The lowest BCUT2D eigenvalue weighted by Gasteiger charge is -2.17. The predicted molar refractivity (Wildman–Crippen MR) is 116 cm³/mol. The molecule has 0 atom stereocenters. The van der Waals surface area contributed by atoms with Crippen molar-refractivity contribution in [3.8, 4) is 0 Å². The Morgan fingerprint density at radius 2 is 1.40 bits per heavy atom. The highest BCUT2D eigenvalue weighted by molar-refractivity contribution is 6.36. The first-order valence-corrected chi connectivity index (χ1v) is 10.0. The van der Waals surface area contributed by atoms with E-state index in [4.69, 9.17) is 4.65 Å². The third kappa shape index (κ3) is 4.85. The van der Waals surface area contributed by atoms with Gasteiger partial charge in [-0.3, -0.25) is 4.79 Å². The van der Waals surface area contributed by atoms with Gasteiger partial charge in [0.15, 0.2) is 5.78 Å². The second kappa shape index (κ2) is 9.08. The van der Waals surface area contributed by atoms with Crippen molar-refractivity contribution < 1.29 is 18.1 Å². The number of halogens is 2. The Kier molecular flexibility index (Phi) is 6.08. The lowest BCUT2D eigenvalue weighted by molar-refractivity contribution is 0.104. The Morgan fingerprint density at radius 3 is 2.07 bits per heavy atom. The van der Waals surface area contributed by atoms with Crippen LogP contribution in [0.5, 0.6) is 0 Å². The summed E-state index contributed by atoms with van der Waals surface area (Å²) in [6, 6.07) is 23.0. The summed E-state index contributed by atoms with van der Waals surface area (Å²) in [5.74, 6) is -0.444. The first kappa shape index (κ1) is 20.1. The molecule has 5 heteroatoms. The molecule has 150 valence electrons. The van der Waals surface area contributed by atoms with E-state index in [1.807, 2.05) is 18.2 Å². The molecule has 3 aromatic rings. The molecule has 4 aliphatic carbocycles. The normalized spacial score (nSPS) is 13.5. The molecule has 0 saturated heterocycles. The van der Waals surface area contributed by atoms with E-state index in [1.54, 1.807) is 30.3 Å². The largest absolute Gasteiger partial charge is 0.796 e. The van der Waals surface area contributed by atoms with Gasteiger partial charge in [0.1, 0.15) is 5.76 Å². The fourth-order valence-corrected chi connectivity index (χ4v) is 3.74. The SMILES string of the molecule is O=C(/C=C(\OB(F)F)c1cc2ccc1CCc1ccc(cc1)CC2)c1ccccc1. The summed E-state index contributed by atoms with van der Waals surface area (Å²) in [5, 5.41) is 0. The molecule has 0 aliphatic heterocycles. The smallest absolute Gasteiger partial charge is 0.505 e. The van der Waals surface area contributed by atoms with E-state index in [1.165, 1.54) is 17.2 Å². The Morgan fingerprint density at radius 1 is 0.800 bits per heavy atom. The third-order valence-electron chi connectivity index (χ3n) is 5.38. The molecule has 0 spiro atoms. The van der Waals surface area contributed by atoms with Crippen molar-refractivity contribution >= 4 is 19.0 Å². The number of allylic oxidation sites excluding steroid dienone is 1. The van der Waals surface area contributed by atoms with Crippen molar-refractivity contribution in [2.45, 2.75) is 25.7 Å². The molecule has 4 aliphatic rings. The van der Waals surface area contributed by atoms with E-state index in [-0.39, 0.29) is 11.5 Å². The average Bonchev–Trinajstić information content (AvgIpc) is 2.75. The maximum atomic E-state index is 13.2. The van der Waals surface area contributed by atoms with Crippen LogP contribution < -0.4 is 0 Å². The maximum absolute atomic E-state index is 13.2. The molecule has 0 radical (unpaired) electrons. The summed E-state index contributed by atoms with van der Waals surface area (Å²) < 4.78 is 31.3. The van der Waals surface area contributed by atoms with Gasteiger partial charge in [-0.2, -0.15) is 0 Å². The van der Waals surface area contributed by atoms with E-state index in [9.17, 15) is 13.4 Å². The highest BCUT2D eigenvalue weighted by Gasteiger charge is 2.23. The van der Waals surface area contributed by atoms with Gasteiger partial charge in [-0.1, -0.05) is 66.7 Å². The van der Waals surface area contributed by atoms with Crippen LogP contribution in [0.15, 0.2) is 78.9 Å². The van der Waals surface area contributed by atoms with Crippen LogP contribution in [-0.2, 0) is 30.3 Å². The number of hydrogen-bond acceptors (Lipinski definition) is 2. The van der Waals surface area contributed by atoms with E-state index >= 15 is 0 Å². The number of carbonyl (C=O) groups is 1. The van der Waals surface area contributed by atoms with E-state index in [2.05, 4.69) is 24.3 Å². The monoisotopic (exact) mass is 402 g/mol. The third-order valence-corrected chi connectivity index (χ3v) is 5.38. The average molecular weight is 402 g/mol. The Hall–Kier alpha value is -3.21. The predicted octanol–water partition coefficient (Wildman–Crippen LogP) is 5.73. The summed E-state index contributed by atoms with van der Waals surface area (Å²) in [6.07, 6.45) is 4.27. The Balaban J connectivity index is 1.75. The summed E-state index contributed by atoms with van der Waals surface area (Å²) in [5.41, 5.74) is 5.33. The minimum absolute atomic E-state index is 0.0818. The molecule has 0 heterocycles. The molecule has 3 aromatic carbocycles. The molecule has 0 saturated carbocycles. The molecule has 0 aromatic heterocycles. The van der Waals surface area contributed by atoms with E-state index in [0.29, 0.717) is 17.5 Å². The topological polar surface area (TPSA) is 26.3 Å². The maximum Gasteiger partial charge on any atom is 0.796 e. The quantitative estimate of drug-likeness (QED) is 0.236. The first-order valence-electron chi connectivity index (χ1n) is 10.0. The molecule has 30 heavy (non-hydrogen) atoms. The summed E-state index contributed by atoms with van der Waals surface area (Å²) in [4.78, 5) is 12.7. The van der Waals surface area contributed by atoms with Gasteiger partial charge in [-0.15, -0.1) is 0 Å². The van der Waals surface area contributed by atoms with Crippen LogP contribution in [-0.4, -0.2) is 13.3 Å². The molecular formula is C25H21BF2O2.